The number of alkyl halides is 3. The lowest BCUT2D eigenvalue weighted by Crippen LogP contribution is -2.46. The summed E-state index contributed by atoms with van der Waals surface area (Å²) in [6.45, 7) is 13.0. The Bertz CT molecular complexity index is 1340. The fourth-order valence-electron chi connectivity index (χ4n) is 4.70. The first-order valence-electron chi connectivity index (χ1n) is 12.2. The summed E-state index contributed by atoms with van der Waals surface area (Å²) >= 11 is 0. The Kier molecular flexibility index (Phi) is 6.42. The second-order valence-electron chi connectivity index (χ2n) is 9.38. The SMILES string of the molecule is C=C(c1cnn2c(C(F)(F)F)cc(-c3ccc(CC)cc3)nc12)N1CCN(CC2=NCC(C)=C2)CC1. The zero-order chi connectivity index (χ0) is 25.4. The first-order chi connectivity index (χ1) is 17.2. The summed E-state index contributed by atoms with van der Waals surface area (Å²) in [4.78, 5) is 13.6. The van der Waals surface area contributed by atoms with E-state index in [0.717, 1.165) is 67.5 Å². The average molecular weight is 495 g/mol. The number of hydrogen-bond acceptors (Lipinski definition) is 5. The van der Waals surface area contributed by atoms with Gasteiger partial charge in [0.1, 0.15) is 0 Å². The number of halogens is 3. The van der Waals surface area contributed by atoms with E-state index in [1.54, 1.807) is 0 Å². The minimum atomic E-state index is -4.58. The van der Waals surface area contributed by atoms with Gasteiger partial charge in [-0.25, -0.2) is 9.50 Å². The van der Waals surface area contributed by atoms with Crippen LogP contribution < -0.4 is 0 Å². The van der Waals surface area contributed by atoms with Crippen LogP contribution in [0.25, 0.3) is 22.6 Å². The zero-order valence-electron chi connectivity index (χ0n) is 20.5. The Morgan fingerprint density at radius 2 is 1.81 bits per heavy atom. The van der Waals surface area contributed by atoms with Gasteiger partial charge in [-0.15, -0.1) is 0 Å². The largest absolute Gasteiger partial charge is 0.433 e. The molecule has 0 bridgehead atoms. The molecular weight excluding hydrogens is 465 g/mol. The molecule has 9 heteroatoms. The topological polar surface area (TPSA) is 49.0 Å². The predicted octanol–water partition coefficient (Wildman–Crippen LogP) is 4.97. The van der Waals surface area contributed by atoms with Crippen LogP contribution in [0.3, 0.4) is 0 Å². The molecule has 0 aliphatic carbocycles. The molecule has 2 aliphatic rings. The highest BCUT2D eigenvalue weighted by Gasteiger charge is 2.36. The fourth-order valence-corrected chi connectivity index (χ4v) is 4.70. The van der Waals surface area contributed by atoms with Gasteiger partial charge in [-0.3, -0.25) is 9.89 Å². The van der Waals surface area contributed by atoms with Gasteiger partial charge >= 0.3 is 6.18 Å². The van der Waals surface area contributed by atoms with E-state index in [2.05, 4.69) is 44.5 Å². The summed E-state index contributed by atoms with van der Waals surface area (Å²) in [5, 5.41) is 4.07. The van der Waals surface area contributed by atoms with Crippen LogP contribution in [0.5, 0.6) is 0 Å². The van der Waals surface area contributed by atoms with Crippen LogP contribution in [-0.2, 0) is 12.6 Å². The van der Waals surface area contributed by atoms with Crippen molar-refractivity contribution in [2.24, 2.45) is 4.99 Å². The molecule has 5 rings (SSSR count). The number of nitrogens with zero attached hydrogens (tertiary/aromatic N) is 6. The molecule has 0 atom stereocenters. The Morgan fingerprint density at radius 3 is 2.42 bits per heavy atom. The Morgan fingerprint density at radius 1 is 1.08 bits per heavy atom. The van der Waals surface area contributed by atoms with Crippen molar-refractivity contribution in [2.45, 2.75) is 26.4 Å². The highest BCUT2D eigenvalue weighted by atomic mass is 19.4. The number of fused-ring (bicyclic) bond motifs is 1. The third-order valence-corrected chi connectivity index (χ3v) is 6.82. The van der Waals surface area contributed by atoms with Gasteiger partial charge in [-0.1, -0.05) is 43.3 Å². The molecule has 0 saturated carbocycles. The molecule has 0 radical (unpaired) electrons. The molecule has 4 heterocycles. The molecule has 0 unspecified atom stereocenters. The van der Waals surface area contributed by atoms with Crippen molar-refractivity contribution < 1.29 is 13.2 Å². The van der Waals surface area contributed by atoms with E-state index in [1.807, 2.05) is 31.2 Å². The third-order valence-electron chi connectivity index (χ3n) is 6.82. The van der Waals surface area contributed by atoms with Gasteiger partial charge in [0.15, 0.2) is 11.3 Å². The van der Waals surface area contributed by atoms with Crippen molar-refractivity contribution in [1.82, 2.24) is 24.4 Å². The van der Waals surface area contributed by atoms with Crippen LogP contribution in [0.1, 0.15) is 30.7 Å². The summed E-state index contributed by atoms with van der Waals surface area (Å²) in [7, 11) is 0. The third kappa shape index (κ3) is 4.80. The molecular formula is C27H29F3N6. The van der Waals surface area contributed by atoms with Crippen LogP contribution in [-0.4, -0.2) is 69.4 Å². The smallest absolute Gasteiger partial charge is 0.369 e. The van der Waals surface area contributed by atoms with Gasteiger partial charge in [0.25, 0.3) is 0 Å². The summed E-state index contributed by atoms with van der Waals surface area (Å²) in [5.41, 5.74) is 4.84. The van der Waals surface area contributed by atoms with E-state index in [-0.39, 0.29) is 11.3 Å². The van der Waals surface area contributed by atoms with Crippen molar-refractivity contribution in [2.75, 3.05) is 39.3 Å². The van der Waals surface area contributed by atoms with E-state index in [0.29, 0.717) is 16.8 Å². The maximum Gasteiger partial charge on any atom is 0.433 e. The fraction of sp³-hybridized carbons (Fsp3) is 0.370. The van der Waals surface area contributed by atoms with Gasteiger partial charge in [0.05, 0.1) is 24.0 Å². The number of benzene rings is 1. The highest BCUT2D eigenvalue weighted by molar-refractivity contribution is 5.99. The molecule has 1 aromatic carbocycles. The molecule has 0 spiro atoms. The zero-order valence-corrected chi connectivity index (χ0v) is 20.5. The number of piperazine rings is 1. The van der Waals surface area contributed by atoms with E-state index < -0.39 is 11.9 Å². The quantitative estimate of drug-likeness (QED) is 0.486. The van der Waals surface area contributed by atoms with E-state index >= 15 is 0 Å². The van der Waals surface area contributed by atoms with Crippen molar-refractivity contribution in [1.29, 1.82) is 0 Å². The summed E-state index contributed by atoms with van der Waals surface area (Å²) in [6, 6.07) is 8.52. The molecule has 36 heavy (non-hydrogen) atoms. The normalized spacial score (nSPS) is 17.0. The van der Waals surface area contributed by atoms with Gasteiger partial charge in [0, 0.05) is 49.7 Å². The maximum absolute atomic E-state index is 14.0. The summed E-state index contributed by atoms with van der Waals surface area (Å²) in [6.07, 6.45) is -0.144. The van der Waals surface area contributed by atoms with Gasteiger partial charge < -0.3 is 4.90 Å². The molecule has 6 nitrogen and oxygen atoms in total. The van der Waals surface area contributed by atoms with Crippen molar-refractivity contribution in [3.05, 3.63) is 71.6 Å². The highest BCUT2D eigenvalue weighted by Crippen LogP contribution is 2.34. The Hall–Kier alpha value is -3.46. The standard InChI is InChI=1S/C27H29F3N6/c1-4-20-5-7-21(8-6-20)24-14-25(27(28,29)30)36-26(33-24)23(16-32-36)19(3)35-11-9-34(10-12-35)17-22-13-18(2)15-31-22/h5-8,13-14,16H,3-4,9-12,15,17H2,1-2H3. The van der Waals surface area contributed by atoms with Crippen LogP contribution in [0, 0.1) is 0 Å². The van der Waals surface area contributed by atoms with Crippen molar-refractivity contribution >= 4 is 17.1 Å². The minimum Gasteiger partial charge on any atom is -0.369 e. The predicted molar refractivity (Wildman–Crippen MR) is 136 cm³/mol. The lowest BCUT2D eigenvalue weighted by atomic mass is 10.1. The first-order valence-corrected chi connectivity index (χ1v) is 12.2. The molecule has 0 N–H and O–H groups in total. The lowest BCUT2D eigenvalue weighted by molar-refractivity contribution is -0.142. The molecule has 1 fully saturated rings. The monoisotopic (exact) mass is 494 g/mol. The number of rotatable bonds is 6. The number of aryl methyl sites for hydroxylation is 1. The molecule has 1 saturated heterocycles. The van der Waals surface area contributed by atoms with E-state index in [1.165, 1.54) is 11.8 Å². The molecule has 0 amide bonds. The Balaban J connectivity index is 1.41. The average Bonchev–Trinajstić information content (AvgIpc) is 3.48. The number of hydrogen-bond donors (Lipinski definition) is 0. The van der Waals surface area contributed by atoms with E-state index in [9.17, 15) is 13.2 Å². The number of aromatic nitrogens is 3. The first kappa shape index (κ1) is 24.2. The second kappa shape index (κ2) is 9.54. The minimum absolute atomic E-state index is 0.160. The van der Waals surface area contributed by atoms with Crippen LogP contribution in [0.2, 0.25) is 0 Å². The van der Waals surface area contributed by atoms with Gasteiger partial charge in [-0.2, -0.15) is 18.3 Å². The molecule has 3 aromatic rings. The molecule has 188 valence electrons. The van der Waals surface area contributed by atoms with Crippen LogP contribution in [0.15, 0.2) is 59.7 Å². The molecule has 2 aromatic heterocycles. The van der Waals surface area contributed by atoms with Crippen LogP contribution in [0.4, 0.5) is 13.2 Å². The maximum atomic E-state index is 14.0. The van der Waals surface area contributed by atoms with Gasteiger partial charge in [0.2, 0.25) is 0 Å². The van der Waals surface area contributed by atoms with Crippen molar-refractivity contribution in [3.63, 3.8) is 0 Å². The second-order valence-corrected chi connectivity index (χ2v) is 9.38. The molecule has 2 aliphatic heterocycles. The van der Waals surface area contributed by atoms with Crippen LogP contribution >= 0.6 is 0 Å². The summed E-state index contributed by atoms with van der Waals surface area (Å²) < 4.78 is 42.9. The Labute approximate surface area is 208 Å². The van der Waals surface area contributed by atoms with E-state index in [4.69, 9.17) is 0 Å². The van der Waals surface area contributed by atoms with Gasteiger partial charge in [-0.05, 0) is 31.1 Å². The number of aliphatic imine (C=N–C) groups is 1. The lowest BCUT2D eigenvalue weighted by Gasteiger charge is -2.36. The van der Waals surface area contributed by atoms with Crippen molar-refractivity contribution in [3.8, 4) is 11.3 Å². The summed E-state index contributed by atoms with van der Waals surface area (Å²) in [5.74, 6) is 0.